The summed E-state index contributed by atoms with van der Waals surface area (Å²) in [5.41, 5.74) is 1.89. The van der Waals surface area contributed by atoms with Gasteiger partial charge in [0, 0.05) is 12.0 Å². The van der Waals surface area contributed by atoms with Crippen molar-refractivity contribution in [1.82, 2.24) is 0 Å². The maximum Gasteiger partial charge on any atom is 0.163 e. The summed E-state index contributed by atoms with van der Waals surface area (Å²) < 4.78 is 0. The molecule has 0 fully saturated rings. The van der Waals surface area contributed by atoms with Crippen LogP contribution in [0.25, 0.3) is 0 Å². The average Bonchev–Trinajstić information content (AvgIpc) is 2.48. The lowest BCUT2D eigenvalue weighted by Crippen LogP contribution is -2.05. The largest absolute Gasteiger partial charge is 0.294 e. The summed E-state index contributed by atoms with van der Waals surface area (Å²) in [6.07, 6.45) is 5.99. The lowest BCUT2D eigenvalue weighted by atomic mass is 9.89. The maximum atomic E-state index is 11.3. The molecule has 1 unspecified atom stereocenters. The lowest BCUT2D eigenvalue weighted by molar-refractivity contribution is -0.114. The van der Waals surface area contributed by atoms with Gasteiger partial charge in [0.2, 0.25) is 0 Å². The summed E-state index contributed by atoms with van der Waals surface area (Å²) in [6.45, 7) is 0. The molecule has 0 heterocycles. The number of allylic oxidation sites excluding steroid dienone is 4. The molecule has 2 heteroatoms. The van der Waals surface area contributed by atoms with Crippen molar-refractivity contribution in [1.29, 1.82) is 5.26 Å². The predicted octanol–water partition coefficient (Wildman–Crippen LogP) is 1.75. The van der Waals surface area contributed by atoms with Gasteiger partial charge >= 0.3 is 0 Å². The number of hydrogen-bond acceptors (Lipinski definition) is 2. The molecule has 0 aromatic carbocycles. The fraction of sp³-hybridized carbons (Fsp3) is 0.400. The molecule has 12 heavy (non-hydrogen) atoms. The Hall–Kier alpha value is -1.36. The molecule has 0 aromatic heterocycles. The van der Waals surface area contributed by atoms with Gasteiger partial charge in [-0.3, -0.25) is 4.79 Å². The van der Waals surface area contributed by atoms with Gasteiger partial charge in [0.25, 0.3) is 0 Å². The quantitative estimate of drug-likeness (QED) is 0.540. The molecule has 0 radical (unpaired) electrons. The Labute approximate surface area is 71.2 Å². The minimum atomic E-state index is -0.0311. The first-order chi connectivity index (χ1) is 5.83. The van der Waals surface area contributed by atoms with Crippen molar-refractivity contribution >= 4 is 5.78 Å². The summed E-state index contributed by atoms with van der Waals surface area (Å²) in [5.74, 6) is 0.178. The van der Waals surface area contributed by atoms with Gasteiger partial charge in [-0.15, -0.1) is 0 Å². The van der Waals surface area contributed by atoms with Crippen LogP contribution in [-0.4, -0.2) is 5.78 Å². The van der Waals surface area contributed by atoms with E-state index < -0.39 is 0 Å². The van der Waals surface area contributed by atoms with Crippen LogP contribution in [0.4, 0.5) is 0 Å². The van der Waals surface area contributed by atoms with Crippen molar-refractivity contribution in [3.8, 4) is 6.07 Å². The molecule has 2 rings (SSSR count). The highest BCUT2D eigenvalue weighted by Crippen LogP contribution is 2.34. The summed E-state index contributed by atoms with van der Waals surface area (Å²) in [7, 11) is 0. The van der Waals surface area contributed by atoms with E-state index in [2.05, 4.69) is 6.07 Å². The molecular weight excluding hydrogens is 150 g/mol. The Balaban J connectivity index is 2.42. The highest BCUT2D eigenvalue weighted by Gasteiger charge is 2.28. The van der Waals surface area contributed by atoms with Gasteiger partial charge in [0.15, 0.2) is 5.78 Å². The molecule has 0 saturated carbocycles. The first-order valence-corrected chi connectivity index (χ1v) is 4.15. The average molecular weight is 159 g/mol. The second-order valence-corrected chi connectivity index (χ2v) is 3.18. The Morgan fingerprint density at radius 3 is 3.08 bits per heavy atom. The molecule has 0 amide bonds. The number of rotatable bonds is 0. The van der Waals surface area contributed by atoms with E-state index in [0.717, 1.165) is 24.0 Å². The third-order valence-corrected chi connectivity index (χ3v) is 2.50. The molecule has 0 aromatic rings. The smallest absolute Gasteiger partial charge is 0.163 e. The molecule has 0 saturated heterocycles. The molecule has 2 aliphatic carbocycles. The fourth-order valence-corrected chi connectivity index (χ4v) is 1.85. The number of Topliss-reactive ketones (excluding diaryl/α,β-unsaturated/α-hetero) is 1. The van der Waals surface area contributed by atoms with E-state index in [1.54, 1.807) is 0 Å². The Bertz CT molecular complexity index is 330. The van der Waals surface area contributed by atoms with Crippen LogP contribution in [0, 0.1) is 17.2 Å². The zero-order valence-corrected chi connectivity index (χ0v) is 6.71. The monoisotopic (exact) mass is 159 g/mol. The number of carbonyl (C=O) groups excluding carboxylic acids is 1. The highest BCUT2D eigenvalue weighted by molar-refractivity contribution is 6.01. The van der Waals surface area contributed by atoms with Gasteiger partial charge in [-0.2, -0.15) is 5.26 Å². The van der Waals surface area contributed by atoms with E-state index >= 15 is 0 Å². The summed E-state index contributed by atoms with van der Waals surface area (Å²) >= 11 is 0. The number of ketones is 1. The first kappa shape index (κ1) is 7.30. The number of nitriles is 1. The van der Waals surface area contributed by atoms with Gasteiger partial charge in [-0.05, 0) is 18.4 Å². The molecule has 0 aliphatic heterocycles. The Morgan fingerprint density at radius 2 is 2.33 bits per heavy atom. The van der Waals surface area contributed by atoms with Crippen molar-refractivity contribution in [2.24, 2.45) is 5.92 Å². The SMILES string of the molecule is N#CC1CC=CC2=C1CCC2=O. The van der Waals surface area contributed by atoms with Crippen LogP contribution in [0.15, 0.2) is 23.3 Å². The van der Waals surface area contributed by atoms with E-state index in [9.17, 15) is 4.79 Å². The van der Waals surface area contributed by atoms with E-state index in [4.69, 9.17) is 5.26 Å². The van der Waals surface area contributed by atoms with Crippen molar-refractivity contribution < 1.29 is 4.79 Å². The lowest BCUT2D eigenvalue weighted by Gasteiger charge is -2.12. The van der Waals surface area contributed by atoms with E-state index in [1.807, 2.05) is 12.2 Å². The molecule has 0 N–H and O–H groups in total. The topological polar surface area (TPSA) is 40.9 Å². The minimum absolute atomic E-state index is 0.0311. The van der Waals surface area contributed by atoms with Crippen molar-refractivity contribution in [3.63, 3.8) is 0 Å². The van der Waals surface area contributed by atoms with Gasteiger partial charge in [-0.1, -0.05) is 12.2 Å². The second-order valence-electron chi connectivity index (χ2n) is 3.18. The normalized spacial score (nSPS) is 27.2. The van der Waals surface area contributed by atoms with Crippen LogP contribution >= 0.6 is 0 Å². The zero-order valence-electron chi connectivity index (χ0n) is 6.71. The standard InChI is InChI=1S/C10H9NO/c11-6-7-2-1-3-9-8(7)4-5-10(9)12/h1,3,7H,2,4-5H2. The maximum absolute atomic E-state index is 11.3. The number of carbonyl (C=O) groups is 1. The van der Waals surface area contributed by atoms with Crippen molar-refractivity contribution in [3.05, 3.63) is 23.3 Å². The van der Waals surface area contributed by atoms with Gasteiger partial charge in [-0.25, -0.2) is 0 Å². The summed E-state index contributed by atoms with van der Waals surface area (Å²) in [6, 6.07) is 2.23. The summed E-state index contributed by atoms with van der Waals surface area (Å²) in [4.78, 5) is 11.3. The third-order valence-electron chi connectivity index (χ3n) is 2.50. The molecule has 1 atom stereocenters. The minimum Gasteiger partial charge on any atom is -0.294 e. The Kier molecular flexibility index (Phi) is 1.58. The highest BCUT2D eigenvalue weighted by atomic mass is 16.1. The molecular formula is C10H9NO. The van der Waals surface area contributed by atoms with Crippen LogP contribution in [0.2, 0.25) is 0 Å². The molecule has 60 valence electrons. The fourth-order valence-electron chi connectivity index (χ4n) is 1.85. The van der Waals surface area contributed by atoms with Crippen molar-refractivity contribution in [2.75, 3.05) is 0 Å². The predicted molar refractivity (Wildman–Crippen MR) is 44.1 cm³/mol. The molecule has 0 bridgehead atoms. The molecule has 2 nitrogen and oxygen atoms in total. The molecule has 0 spiro atoms. The van der Waals surface area contributed by atoms with E-state index in [0.29, 0.717) is 6.42 Å². The van der Waals surface area contributed by atoms with Crippen LogP contribution in [-0.2, 0) is 4.79 Å². The van der Waals surface area contributed by atoms with Crippen LogP contribution in [0.3, 0.4) is 0 Å². The third kappa shape index (κ3) is 0.902. The Morgan fingerprint density at radius 1 is 1.50 bits per heavy atom. The number of nitrogens with zero attached hydrogens (tertiary/aromatic N) is 1. The van der Waals surface area contributed by atoms with Gasteiger partial charge < -0.3 is 0 Å². The first-order valence-electron chi connectivity index (χ1n) is 4.15. The van der Waals surface area contributed by atoms with Crippen LogP contribution < -0.4 is 0 Å². The van der Waals surface area contributed by atoms with Gasteiger partial charge in [0.05, 0.1) is 12.0 Å². The number of hydrogen-bond donors (Lipinski definition) is 0. The second kappa shape index (κ2) is 2.60. The van der Waals surface area contributed by atoms with Crippen LogP contribution in [0.1, 0.15) is 19.3 Å². The van der Waals surface area contributed by atoms with Crippen LogP contribution in [0.5, 0.6) is 0 Å². The zero-order chi connectivity index (χ0) is 8.55. The summed E-state index contributed by atoms with van der Waals surface area (Å²) in [5, 5.41) is 8.80. The van der Waals surface area contributed by atoms with Gasteiger partial charge in [0.1, 0.15) is 0 Å². The van der Waals surface area contributed by atoms with Crippen molar-refractivity contribution in [2.45, 2.75) is 19.3 Å². The molecule has 2 aliphatic rings. The van der Waals surface area contributed by atoms with E-state index in [1.165, 1.54) is 0 Å². The van der Waals surface area contributed by atoms with E-state index in [-0.39, 0.29) is 11.7 Å².